The molecule has 3 unspecified atom stereocenters. The van der Waals surface area contributed by atoms with Crippen LogP contribution in [0.1, 0.15) is 26.2 Å². The van der Waals surface area contributed by atoms with Crippen molar-refractivity contribution in [3.8, 4) is 0 Å². The van der Waals surface area contributed by atoms with E-state index in [1.165, 1.54) is 0 Å². The summed E-state index contributed by atoms with van der Waals surface area (Å²) in [7, 11) is 1.72. The SMILES string of the molecule is CCC1CC(N2CCNCC2C(=O)NC)CCO1. The Morgan fingerprint density at radius 1 is 1.56 bits per heavy atom. The van der Waals surface area contributed by atoms with E-state index in [2.05, 4.69) is 22.5 Å². The molecule has 0 bridgehead atoms. The van der Waals surface area contributed by atoms with Gasteiger partial charge in [0.05, 0.1) is 6.10 Å². The molecule has 104 valence electrons. The number of nitrogens with zero attached hydrogens (tertiary/aromatic N) is 1. The van der Waals surface area contributed by atoms with Crippen LogP contribution in [-0.2, 0) is 9.53 Å². The van der Waals surface area contributed by atoms with Crippen molar-refractivity contribution in [3.05, 3.63) is 0 Å². The van der Waals surface area contributed by atoms with Crippen molar-refractivity contribution in [1.82, 2.24) is 15.5 Å². The van der Waals surface area contributed by atoms with Crippen molar-refractivity contribution in [1.29, 1.82) is 0 Å². The third kappa shape index (κ3) is 3.02. The molecule has 3 atom stereocenters. The summed E-state index contributed by atoms with van der Waals surface area (Å²) in [5.41, 5.74) is 0. The summed E-state index contributed by atoms with van der Waals surface area (Å²) >= 11 is 0. The number of ether oxygens (including phenoxy) is 1. The predicted molar refractivity (Wildman–Crippen MR) is 70.5 cm³/mol. The van der Waals surface area contributed by atoms with Gasteiger partial charge in [-0.1, -0.05) is 6.92 Å². The van der Waals surface area contributed by atoms with Gasteiger partial charge in [-0.2, -0.15) is 0 Å². The zero-order valence-electron chi connectivity index (χ0n) is 11.4. The predicted octanol–water partition coefficient (Wildman–Crippen LogP) is -0.0362. The maximum atomic E-state index is 11.9. The van der Waals surface area contributed by atoms with Gasteiger partial charge in [0, 0.05) is 39.3 Å². The topological polar surface area (TPSA) is 53.6 Å². The van der Waals surface area contributed by atoms with Gasteiger partial charge < -0.3 is 15.4 Å². The second kappa shape index (κ2) is 6.50. The van der Waals surface area contributed by atoms with E-state index < -0.39 is 0 Å². The van der Waals surface area contributed by atoms with Crippen LogP contribution in [0, 0.1) is 0 Å². The number of amides is 1. The van der Waals surface area contributed by atoms with Crippen LogP contribution in [0.4, 0.5) is 0 Å². The van der Waals surface area contributed by atoms with E-state index in [0.717, 1.165) is 45.5 Å². The molecule has 0 aromatic carbocycles. The van der Waals surface area contributed by atoms with E-state index in [1.807, 2.05) is 0 Å². The molecule has 2 aliphatic rings. The van der Waals surface area contributed by atoms with Crippen molar-refractivity contribution in [2.24, 2.45) is 0 Å². The summed E-state index contributed by atoms with van der Waals surface area (Å²) in [6.07, 6.45) is 3.53. The van der Waals surface area contributed by atoms with Crippen molar-refractivity contribution >= 4 is 5.91 Å². The van der Waals surface area contributed by atoms with Gasteiger partial charge in [0.15, 0.2) is 0 Å². The highest BCUT2D eigenvalue weighted by atomic mass is 16.5. The minimum absolute atomic E-state index is 0.0237. The van der Waals surface area contributed by atoms with Crippen molar-refractivity contribution in [3.63, 3.8) is 0 Å². The maximum Gasteiger partial charge on any atom is 0.238 e. The molecule has 0 aromatic heterocycles. The lowest BCUT2D eigenvalue weighted by atomic mass is 9.97. The highest BCUT2D eigenvalue weighted by molar-refractivity contribution is 5.81. The number of carbonyl (C=O) groups excluding carboxylic acids is 1. The quantitative estimate of drug-likeness (QED) is 0.743. The lowest BCUT2D eigenvalue weighted by Crippen LogP contribution is -2.61. The summed E-state index contributed by atoms with van der Waals surface area (Å²) < 4.78 is 5.73. The second-order valence-corrected chi connectivity index (χ2v) is 5.15. The summed E-state index contributed by atoms with van der Waals surface area (Å²) in [4.78, 5) is 14.3. The molecule has 18 heavy (non-hydrogen) atoms. The summed E-state index contributed by atoms with van der Waals surface area (Å²) in [6, 6.07) is 0.470. The average Bonchev–Trinajstić information content (AvgIpc) is 2.46. The number of hydrogen-bond acceptors (Lipinski definition) is 4. The number of rotatable bonds is 3. The van der Waals surface area contributed by atoms with E-state index in [9.17, 15) is 4.79 Å². The Hall–Kier alpha value is -0.650. The van der Waals surface area contributed by atoms with Crippen LogP contribution in [0.3, 0.4) is 0 Å². The minimum atomic E-state index is -0.0237. The van der Waals surface area contributed by atoms with E-state index in [1.54, 1.807) is 7.05 Å². The van der Waals surface area contributed by atoms with Crippen LogP contribution in [0.25, 0.3) is 0 Å². The monoisotopic (exact) mass is 255 g/mol. The summed E-state index contributed by atoms with van der Waals surface area (Å²) in [6.45, 7) is 5.68. The molecular formula is C13H25N3O2. The molecule has 2 saturated heterocycles. The van der Waals surface area contributed by atoms with Crippen molar-refractivity contribution < 1.29 is 9.53 Å². The molecule has 0 aromatic rings. The van der Waals surface area contributed by atoms with E-state index in [0.29, 0.717) is 12.1 Å². The molecule has 0 saturated carbocycles. The first-order chi connectivity index (χ1) is 8.76. The molecule has 2 N–H and O–H groups in total. The fourth-order valence-corrected chi connectivity index (χ4v) is 3.01. The third-order valence-corrected chi connectivity index (χ3v) is 4.10. The van der Waals surface area contributed by atoms with E-state index in [-0.39, 0.29) is 11.9 Å². The van der Waals surface area contributed by atoms with Crippen LogP contribution in [0.2, 0.25) is 0 Å². The van der Waals surface area contributed by atoms with Gasteiger partial charge >= 0.3 is 0 Å². The first-order valence-corrected chi connectivity index (χ1v) is 7.06. The molecule has 5 heteroatoms. The molecule has 2 fully saturated rings. The lowest BCUT2D eigenvalue weighted by Gasteiger charge is -2.43. The Morgan fingerprint density at radius 2 is 2.39 bits per heavy atom. The molecule has 5 nitrogen and oxygen atoms in total. The zero-order chi connectivity index (χ0) is 13.0. The fraction of sp³-hybridized carbons (Fsp3) is 0.923. The minimum Gasteiger partial charge on any atom is -0.378 e. The fourth-order valence-electron chi connectivity index (χ4n) is 3.01. The number of nitrogens with one attached hydrogen (secondary N) is 2. The van der Waals surface area contributed by atoms with Crippen LogP contribution >= 0.6 is 0 Å². The van der Waals surface area contributed by atoms with Gasteiger partial charge in [0.1, 0.15) is 6.04 Å². The molecule has 0 aliphatic carbocycles. The zero-order valence-corrected chi connectivity index (χ0v) is 11.4. The van der Waals surface area contributed by atoms with Gasteiger partial charge in [-0.05, 0) is 19.3 Å². The van der Waals surface area contributed by atoms with Crippen LogP contribution in [-0.4, -0.2) is 62.3 Å². The van der Waals surface area contributed by atoms with Crippen LogP contribution < -0.4 is 10.6 Å². The van der Waals surface area contributed by atoms with Crippen LogP contribution in [0.5, 0.6) is 0 Å². The molecular weight excluding hydrogens is 230 g/mol. The summed E-state index contributed by atoms with van der Waals surface area (Å²) in [5.74, 6) is 0.127. The van der Waals surface area contributed by atoms with Gasteiger partial charge in [-0.3, -0.25) is 9.69 Å². The normalized spacial score (nSPS) is 34.2. The van der Waals surface area contributed by atoms with Gasteiger partial charge in [0.25, 0.3) is 0 Å². The third-order valence-electron chi connectivity index (χ3n) is 4.10. The average molecular weight is 255 g/mol. The molecule has 2 heterocycles. The molecule has 0 radical (unpaired) electrons. The Balaban J connectivity index is 2.01. The molecule has 1 amide bonds. The summed E-state index contributed by atoms with van der Waals surface area (Å²) in [5, 5.41) is 6.09. The number of carbonyl (C=O) groups is 1. The second-order valence-electron chi connectivity index (χ2n) is 5.15. The molecule has 2 aliphatic heterocycles. The molecule has 2 rings (SSSR count). The number of piperazine rings is 1. The van der Waals surface area contributed by atoms with Crippen molar-refractivity contribution in [2.75, 3.05) is 33.3 Å². The number of hydrogen-bond donors (Lipinski definition) is 2. The first-order valence-electron chi connectivity index (χ1n) is 7.06. The Bertz CT molecular complexity index is 285. The Kier molecular flexibility index (Phi) is 4.97. The van der Waals surface area contributed by atoms with Gasteiger partial charge in [0.2, 0.25) is 5.91 Å². The highest BCUT2D eigenvalue weighted by Crippen LogP contribution is 2.23. The largest absolute Gasteiger partial charge is 0.378 e. The standard InChI is InChI=1S/C13H25N3O2/c1-3-11-8-10(4-7-18-11)16-6-5-15-9-12(16)13(17)14-2/h10-12,15H,3-9H2,1-2H3,(H,14,17). The lowest BCUT2D eigenvalue weighted by molar-refractivity contribution is -0.129. The Labute approximate surface area is 109 Å². The smallest absolute Gasteiger partial charge is 0.238 e. The van der Waals surface area contributed by atoms with Gasteiger partial charge in [-0.25, -0.2) is 0 Å². The maximum absolute atomic E-state index is 11.9. The highest BCUT2D eigenvalue weighted by Gasteiger charge is 2.35. The molecule has 0 spiro atoms. The van der Waals surface area contributed by atoms with Gasteiger partial charge in [-0.15, -0.1) is 0 Å². The van der Waals surface area contributed by atoms with Crippen molar-refractivity contribution in [2.45, 2.75) is 44.4 Å². The first kappa shape index (κ1) is 13.8. The number of likely N-dealkylation sites (N-methyl/N-ethyl adjacent to an activating group) is 1. The Morgan fingerprint density at radius 3 is 3.11 bits per heavy atom. The van der Waals surface area contributed by atoms with E-state index >= 15 is 0 Å². The van der Waals surface area contributed by atoms with Crippen LogP contribution in [0.15, 0.2) is 0 Å². The van der Waals surface area contributed by atoms with E-state index in [4.69, 9.17) is 4.74 Å².